The molecule has 2 aliphatic rings. The molecule has 2 aliphatic heterocycles. The maximum absolute atomic E-state index is 12.4. The van der Waals surface area contributed by atoms with Crippen LogP contribution in [0.3, 0.4) is 0 Å². The van der Waals surface area contributed by atoms with Crippen LogP contribution < -0.4 is 14.4 Å². The summed E-state index contributed by atoms with van der Waals surface area (Å²) in [5.74, 6) is 2.52. The first-order valence-electron chi connectivity index (χ1n) is 12.7. The van der Waals surface area contributed by atoms with Crippen LogP contribution in [0.5, 0.6) is 11.8 Å². The number of rotatable bonds is 5. The lowest BCUT2D eigenvalue weighted by molar-refractivity contribution is 0.0152. The van der Waals surface area contributed by atoms with Crippen molar-refractivity contribution >= 4 is 11.8 Å². The van der Waals surface area contributed by atoms with Crippen LogP contribution in [0.15, 0.2) is 36.4 Å². The van der Waals surface area contributed by atoms with Crippen molar-refractivity contribution in [2.45, 2.75) is 52.1 Å². The van der Waals surface area contributed by atoms with Crippen LogP contribution >= 0.6 is 0 Å². The van der Waals surface area contributed by atoms with Crippen molar-refractivity contribution < 1.29 is 19.0 Å². The van der Waals surface area contributed by atoms with E-state index in [2.05, 4.69) is 34.1 Å². The Morgan fingerprint density at radius 3 is 2.17 bits per heavy atom. The molecule has 7 heteroatoms. The van der Waals surface area contributed by atoms with Crippen LogP contribution in [0, 0.1) is 11.8 Å². The largest absolute Gasteiger partial charge is 0.481 e. The standard InChI is InChI=1S/C28H39N3O4/c1-28(2,3)35-27(32)31-17-13-21(14-18-31)20-11-15-30(16-12-20)23-8-6-7-22(19-23)24-9-10-25(33-4)29-26(24)34-5/h6-10,19-21H,11-18H2,1-5H3. The monoisotopic (exact) mass is 481 g/mol. The number of carbonyl (C=O) groups is 1. The number of pyridine rings is 1. The summed E-state index contributed by atoms with van der Waals surface area (Å²) in [7, 11) is 3.24. The summed E-state index contributed by atoms with van der Waals surface area (Å²) in [6.45, 7) is 9.48. The van der Waals surface area contributed by atoms with Gasteiger partial charge in [-0.2, -0.15) is 4.98 Å². The summed E-state index contributed by atoms with van der Waals surface area (Å²) >= 11 is 0. The molecule has 0 atom stereocenters. The third-order valence-corrected chi connectivity index (χ3v) is 7.16. The molecule has 0 spiro atoms. The predicted octanol–water partition coefficient (Wildman–Crippen LogP) is 5.63. The Morgan fingerprint density at radius 1 is 0.914 bits per heavy atom. The van der Waals surface area contributed by atoms with Crippen molar-refractivity contribution in [2.75, 3.05) is 45.3 Å². The normalized spacial score (nSPS) is 17.9. The van der Waals surface area contributed by atoms with E-state index in [1.165, 1.54) is 18.5 Å². The zero-order chi connectivity index (χ0) is 25.0. The maximum atomic E-state index is 12.4. The van der Waals surface area contributed by atoms with Crippen molar-refractivity contribution in [3.8, 4) is 22.9 Å². The zero-order valence-corrected chi connectivity index (χ0v) is 21.8. The van der Waals surface area contributed by atoms with Gasteiger partial charge in [-0.25, -0.2) is 4.79 Å². The highest BCUT2D eigenvalue weighted by molar-refractivity contribution is 5.73. The molecular formula is C28H39N3O4. The topological polar surface area (TPSA) is 64.1 Å². The number of carbonyl (C=O) groups excluding carboxylic acids is 1. The van der Waals surface area contributed by atoms with Gasteiger partial charge in [0.05, 0.1) is 14.2 Å². The van der Waals surface area contributed by atoms with Gasteiger partial charge in [-0.1, -0.05) is 12.1 Å². The highest BCUT2D eigenvalue weighted by Gasteiger charge is 2.32. The second kappa shape index (κ2) is 10.8. The minimum absolute atomic E-state index is 0.172. The number of hydrogen-bond acceptors (Lipinski definition) is 6. The van der Waals surface area contributed by atoms with Crippen LogP contribution in [-0.4, -0.2) is 62.0 Å². The van der Waals surface area contributed by atoms with E-state index in [9.17, 15) is 4.79 Å². The van der Waals surface area contributed by atoms with E-state index in [0.29, 0.717) is 17.7 Å². The van der Waals surface area contributed by atoms with E-state index in [4.69, 9.17) is 14.2 Å². The van der Waals surface area contributed by atoms with E-state index in [1.807, 2.05) is 37.8 Å². The minimum Gasteiger partial charge on any atom is -0.481 e. The number of amides is 1. The second-order valence-corrected chi connectivity index (χ2v) is 10.6. The Hall–Kier alpha value is -2.96. The molecule has 0 aliphatic carbocycles. The number of hydrogen-bond donors (Lipinski definition) is 0. The zero-order valence-electron chi connectivity index (χ0n) is 21.8. The molecule has 2 fully saturated rings. The molecule has 1 aromatic carbocycles. The Balaban J connectivity index is 1.33. The average Bonchev–Trinajstić information content (AvgIpc) is 2.87. The summed E-state index contributed by atoms with van der Waals surface area (Å²) in [6, 6.07) is 12.5. The summed E-state index contributed by atoms with van der Waals surface area (Å²) in [6.07, 6.45) is 4.35. The van der Waals surface area contributed by atoms with E-state index >= 15 is 0 Å². The molecule has 35 heavy (non-hydrogen) atoms. The van der Waals surface area contributed by atoms with Crippen molar-refractivity contribution in [1.29, 1.82) is 0 Å². The van der Waals surface area contributed by atoms with Gasteiger partial charge in [0, 0.05) is 43.5 Å². The van der Waals surface area contributed by atoms with Crippen LogP contribution in [0.4, 0.5) is 10.5 Å². The van der Waals surface area contributed by atoms with E-state index in [-0.39, 0.29) is 6.09 Å². The van der Waals surface area contributed by atoms with Gasteiger partial charge in [-0.3, -0.25) is 0 Å². The van der Waals surface area contributed by atoms with Gasteiger partial charge in [0.1, 0.15) is 5.60 Å². The smallest absolute Gasteiger partial charge is 0.410 e. The first kappa shape index (κ1) is 25.1. The highest BCUT2D eigenvalue weighted by Crippen LogP contribution is 2.36. The molecule has 0 bridgehead atoms. The molecule has 1 aromatic heterocycles. The molecule has 2 saturated heterocycles. The summed E-state index contributed by atoms with van der Waals surface area (Å²) in [5, 5.41) is 0. The predicted molar refractivity (Wildman–Crippen MR) is 138 cm³/mol. The number of methoxy groups -OCH3 is 2. The van der Waals surface area contributed by atoms with Gasteiger partial charge in [-0.05, 0) is 82.1 Å². The number of likely N-dealkylation sites (tertiary alicyclic amines) is 1. The number of aromatic nitrogens is 1. The maximum Gasteiger partial charge on any atom is 0.410 e. The first-order valence-corrected chi connectivity index (χ1v) is 12.7. The van der Waals surface area contributed by atoms with Crippen LogP contribution in [0.2, 0.25) is 0 Å². The quantitative estimate of drug-likeness (QED) is 0.552. The molecule has 0 unspecified atom stereocenters. The molecule has 7 nitrogen and oxygen atoms in total. The Bertz CT molecular complexity index is 1000. The van der Waals surface area contributed by atoms with Gasteiger partial charge >= 0.3 is 6.09 Å². The number of piperidine rings is 2. The van der Waals surface area contributed by atoms with E-state index in [1.54, 1.807) is 14.2 Å². The molecule has 190 valence electrons. The van der Waals surface area contributed by atoms with Crippen LogP contribution in [-0.2, 0) is 4.74 Å². The van der Waals surface area contributed by atoms with Crippen molar-refractivity contribution in [1.82, 2.24) is 9.88 Å². The van der Waals surface area contributed by atoms with Crippen molar-refractivity contribution in [2.24, 2.45) is 11.8 Å². The number of nitrogens with zero attached hydrogens (tertiary/aromatic N) is 3. The molecular weight excluding hydrogens is 442 g/mol. The minimum atomic E-state index is -0.437. The third-order valence-electron chi connectivity index (χ3n) is 7.16. The number of ether oxygens (including phenoxy) is 3. The number of anilines is 1. The lowest BCUT2D eigenvalue weighted by Gasteiger charge is -2.41. The molecule has 3 heterocycles. The fourth-order valence-electron chi connectivity index (χ4n) is 5.29. The molecule has 0 radical (unpaired) electrons. The van der Waals surface area contributed by atoms with Gasteiger partial charge in [-0.15, -0.1) is 0 Å². The molecule has 0 saturated carbocycles. The van der Waals surface area contributed by atoms with E-state index < -0.39 is 5.60 Å². The van der Waals surface area contributed by atoms with Crippen molar-refractivity contribution in [3.63, 3.8) is 0 Å². The van der Waals surface area contributed by atoms with Crippen LogP contribution in [0.1, 0.15) is 46.5 Å². The molecule has 2 aromatic rings. The number of benzene rings is 1. The summed E-state index contributed by atoms with van der Waals surface area (Å²) in [4.78, 5) is 21.2. The summed E-state index contributed by atoms with van der Waals surface area (Å²) < 4.78 is 16.3. The Kier molecular flexibility index (Phi) is 7.72. The first-order chi connectivity index (χ1) is 16.8. The molecule has 1 amide bonds. The summed E-state index contributed by atoms with van der Waals surface area (Å²) in [5.41, 5.74) is 2.85. The molecule has 4 rings (SSSR count). The van der Waals surface area contributed by atoms with Crippen molar-refractivity contribution in [3.05, 3.63) is 36.4 Å². The lowest BCUT2D eigenvalue weighted by Crippen LogP contribution is -2.44. The van der Waals surface area contributed by atoms with Gasteiger partial charge in [0.2, 0.25) is 11.8 Å². The van der Waals surface area contributed by atoms with Gasteiger partial charge < -0.3 is 24.0 Å². The third kappa shape index (κ3) is 6.19. The van der Waals surface area contributed by atoms with E-state index in [0.717, 1.165) is 56.1 Å². The lowest BCUT2D eigenvalue weighted by atomic mass is 9.79. The average molecular weight is 482 g/mol. The second-order valence-electron chi connectivity index (χ2n) is 10.6. The van der Waals surface area contributed by atoms with Crippen LogP contribution in [0.25, 0.3) is 11.1 Å². The van der Waals surface area contributed by atoms with Gasteiger partial charge in [0.25, 0.3) is 0 Å². The fourth-order valence-corrected chi connectivity index (χ4v) is 5.29. The SMILES string of the molecule is COc1ccc(-c2cccc(N3CCC(C4CCN(C(=O)OC(C)(C)C)CC4)CC3)c2)c(OC)n1. The highest BCUT2D eigenvalue weighted by atomic mass is 16.6. The fraction of sp³-hybridized carbons (Fsp3) is 0.571. The molecule has 0 N–H and O–H groups in total. The Morgan fingerprint density at radius 2 is 1.57 bits per heavy atom. The Labute approximate surface area is 209 Å². The van der Waals surface area contributed by atoms with Gasteiger partial charge in [0.15, 0.2) is 0 Å².